The molecule has 3 rings (SSSR count). The molecule has 168 valence electrons. The van der Waals surface area contributed by atoms with Crippen molar-refractivity contribution in [3.05, 3.63) is 54.1 Å². The number of hydrogen-bond acceptors (Lipinski definition) is 4. The minimum Gasteiger partial charge on any atom is -0.376 e. The van der Waals surface area contributed by atoms with Crippen LogP contribution in [0.3, 0.4) is 0 Å². The summed E-state index contributed by atoms with van der Waals surface area (Å²) in [6.07, 6.45) is -3.62. The van der Waals surface area contributed by atoms with Gasteiger partial charge in [-0.15, -0.1) is 0 Å². The third-order valence-electron chi connectivity index (χ3n) is 5.20. The average Bonchev–Trinajstić information content (AvgIpc) is 2.73. The molecule has 0 aromatic heterocycles. The third-order valence-corrected chi connectivity index (χ3v) is 7.08. The number of piperidine rings is 1. The maximum atomic E-state index is 13.1. The van der Waals surface area contributed by atoms with Gasteiger partial charge in [-0.2, -0.15) is 17.5 Å². The quantitative estimate of drug-likeness (QED) is 0.745. The molecule has 2 aromatic carbocycles. The lowest BCUT2D eigenvalue weighted by atomic mass is 9.98. The number of alkyl halides is 3. The Morgan fingerprint density at radius 2 is 1.81 bits per heavy atom. The lowest BCUT2D eigenvalue weighted by Gasteiger charge is -2.31. The minimum atomic E-state index is -4.55. The van der Waals surface area contributed by atoms with Crippen molar-refractivity contribution in [1.82, 2.24) is 4.31 Å². The van der Waals surface area contributed by atoms with Crippen LogP contribution in [0.25, 0.3) is 0 Å². The van der Waals surface area contributed by atoms with Crippen LogP contribution in [-0.4, -0.2) is 45.8 Å². The molecule has 1 unspecified atom stereocenters. The first-order valence-corrected chi connectivity index (χ1v) is 11.2. The summed E-state index contributed by atoms with van der Waals surface area (Å²) in [5.74, 6) is -1.17. The topological polar surface area (TPSA) is 69.7 Å². The molecule has 0 radical (unpaired) electrons. The number of benzene rings is 2. The highest BCUT2D eigenvalue weighted by atomic mass is 32.2. The smallest absolute Gasteiger partial charge is 0.376 e. The maximum Gasteiger partial charge on any atom is 0.416 e. The molecule has 1 heterocycles. The second-order valence-electron chi connectivity index (χ2n) is 7.63. The van der Waals surface area contributed by atoms with Gasteiger partial charge in [0.05, 0.1) is 27.8 Å². The van der Waals surface area contributed by atoms with Gasteiger partial charge in [-0.3, -0.25) is 4.79 Å². The zero-order valence-corrected chi connectivity index (χ0v) is 18.0. The number of carbonyl (C=O) groups is 1. The fourth-order valence-electron chi connectivity index (χ4n) is 3.55. The first-order valence-electron chi connectivity index (χ1n) is 9.75. The van der Waals surface area contributed by atoms with Crippen LogP contribution in [0.5, 0.6) is 0 Å². The van der Waals surface area contributed by atoms with Crippen molar-refractivity contribution in [3.63, 3.8) is 0 Å². The van der Waals surface area contributed by atoms with Crippen molar-refractivity contribution in [1.29, 1.82) is 0 Å². The number of rotatable bonds is 5. The van der Waals surface area contributed by atoms with Crippen LogP contribution in [0.15, 0.2) is 53.4 Å². The van der Waals surface area contributed by atoms with E-state index in [1.54, 1.807) is 37.2 Å². The van der Waals surface area contributed by atoms with Crippen LogP contribution in [0, 0.1) is 5.92 Å². The molecule has 0 bridgehead atoms. The van der Waals surface area contributed by atoms with E-state index in [0.717, 1.165) is 12.1 Å². The fraction of sp³-hybridized carbons (Fsp3) is 0.381. The van der Waals surface area contributed by atoms with Crippen LogP contribution in [-0.2, 0) is 21.0 Å². The molecule has 2 aromatic rings. The number of nitrogens with one attached hydrogen (secondary N) is 1. The molecule has 1 aliphatic heterocycles. The highest BCUT2D eigenvalue weighted by Gasteiger charge is 2.34. The minimum absolute atomic E-state index is 0.0285. The molecule has 1 saturated heterocycles. The Morgan fingerprint density at radius 3 is 2.42 bits per heavy atom. The Bertz CT molecular complexity index is 1040. The van der Waals surface area contributed by atoms with Crippen molar-refractivity contribution < 1.29 is 26.4 Å². The van der Waals surface area contributed by atoms with E-state index in [2.05, 4.69) is 5.32 Å². The van der Waals surface area contributed by atoms with E-state index in [0.29, 0.717) is 18.5 Å². The molecule has 1 N–H and O–H groups in total. The molecule has 1 amide bonds. The molecule has 1 atom stereocenters. The molecule has 1 aliphatic rings. The van der Waals surface area contributed by atoms with E-state index in [1.807, 2.05) is 0 Å². The fourth-order valence-corrected chi connectivity index (χ4v) is 5.10. The van der Waals surface area contributed by atoms with Crippen molar-refractivity contribution >= 4 is 27.3 Å². The molecule has 1 fully saturated rings. The summed E-state index contributed by atoms with van der Waals surface area (Å²) < 4.78 is 66.4. The van der Waals surface area contributed by atoms with Gasteiger partial charge in [-0.1, -0.05) is 18.2 Å². The second-order valence-corrected chi connectivity index (χ2v) is 9.57. The predicted octanol–water partition coefficient (Wildman–Crippen LogP) is 3.81. The summed E-state index contributed by atoms with van der Waals surface area (Å²) in [6.45, 7) is 0.257. The van der Waals surface area contributed by atoms with Gasteiger partial charge >= 0.3 is 6.18 Å². The van der Waals surface area contributed by atoms with Crippen LogP contribution in [0.4, 0.5) is 24.5 Å². The van der Waals surface area contributed by atoms with Crippen molar-refractivity contribution in [2.75, 3.05) is 37.4 Å². The highest BCUT2D eigenvalue weighted by Crippen LogP contribution is 2.35. The predicted molar refractivity (Wildman–Crippen MR) is 112 cm³/mol. The van der Waals surface area contributed by atoms with Gasteiger partial charge in [0.15, 0.2) is 0 Å². The van der Waals surface area contributed by atoms with E-state index in [9.17, 15) is 26.4 Å². The summed E-state index contributed by atoms with van der Waals surface area (Å²) in [4.78, 5) is 14.6. The number of carbonyl (C=O) groups excluding carboxylic acids is 1. The summed E-state index contributed by atoms with van der Waals surface area (Å²) in [5, 5.41) is 2.58. The Morgan fingerprint density at radius 1 is 1.13 bits per heavy atom. The van der Waals surface area contributed by atoms with E-state index in [4.69, 9.17) is 0 Å². The van der Waals surface area contributed by atoms with Crippen LogP contribution in [0.2, 0.25) is 0 Å². The summed E-state index contributed by atoms with van der Waals surface area (Å²) in [7, 11) is -0.433. The van der Waals surface area contributed by atoms with E-state index >= 15 is 0 Å². The number of amides is 1. The number of sulfonamides is 1. The Hall–Kier alpha value is -2.59. The molecule has 0 spiro atoms. The molecule has 6 nitrogen and oxygen atoms in total. The number of halogens is 3. The normalized spacial score (nSPS) is 17.9. The van der Waals surface area contributed by atoms with Crippen LogP contribution < -0.4 is 10.2 Å². The number of hydrogen-bond donors (Lipinski definition) is 1. The van der Waals surface area contributed by atoms with Gasteiger partial charge in [0, 0.05) is 27.2 Å². The zero-order valence-electron chi connectivity index (χ0n) is 17.2. The van der Waals surface area contributed by atoms with E-state index < -0.39 is 33.6 Å². The van der Waals surface area contributed by atoms with Crippen LogP contribution in [0.1, 0.15) is 18.4 Å². The highest BCUT2D eigenvalue weighted by molar-refractivity contribution is 7.89. The van der Waals surface area contributed by atoms with Gasteiger partial charge in [-0.25, -0.2) is 8.42 Å². The maximum absolute atomic E-state index is 13.1. The SMILES string of the molecule is CN(C)c1ccc(C(F)(F)F)cc1NC(=O)C1CCCN(S(=O)(=O)c2ccccc2)C1. The van der Waals surface area contributed by atoms with E-state index in [1.165, 1.54) is 22.5 Å². The Balaban J connectivity index is 1.81. The van der Waals surface area contributed by atoms with Gasteiger partial charge in [0.1, 0.15) is 0 Å². The van der Waals surface area contributed by atoms with E-state index in [-0.39, 0.29) is 23.7 Å². The largest absolute Gasteiger partial charge is 0.416 e. The molecule has 0 aliphatic carbocycles. The zero-order chi connectivity index (χ0) is 22.8. The van der Waals surface area contributed by atoms with Crippen molar-refractivity contribution in [2.45, 2.75) is 23.9 Å². The Labute approximate surface area is 179 Å². The molecule has 0 saturated carbocycles. The average molecular weight is 456 g/mol. The summed E-state index contributed by atoms with van der Waals surface area (Å²) in [5.41, 5.74) is -0.413. The molecular weight excluding hydrogens is 431 g/mol. The molecule has 31 heavy (non-hydrogen) atoms. The standard InChI is InChI=1S/C21H24F3N3O3S/c1-26(2)19-11-10-16(21(22,23)24)13-18(19)25-20(28)15-7-6-12-27(14-15)31(29,30)17-8-4-3-5-9-17/h3-5,8-11,13,15H,6-7,12,14H2,1-2H3,(H,25,28). The Kier molecular flexibility index (Phi) is 6.61. The van der Waals surface area contributed by atoms with Crippen molar-refractivity contribution in [3.8, 4) is 0 Å². The first-order chi connectivity index (χ1) is 14.5. The number of anilines is 2. The van der Waals surface area contributed by atoms with Crippen LogP contribution >= 0.6 is 0 Å². The summed E-state index contributed by atoms with van der Waals surface area (Å²) >= 11 is 0. The van der Waals surface area contributed by atoms with Gasteiger partial charge in [0.25, 0.3) is 0 Å². The van der Waals surface area contributed by atoms with Gasteiger partial charge in [-0.05, 0) is 43.2 Å². The third kappa shape index (κ3) is 5.19. The first kappa shape index (κ1) is 23.1. The van der Waals surface area contributed by atoms with Crippen molar-refractivity contribution in [2.24, 2.45) is 5.92 Å². The summed E-state index contributed by atoms with van der Waals surface area (Å²) in [6, 6.07) is 11.1. The number of nitrogens with zero attached hydrogens (tertiary/aromatic N) is 2. The monoisotopic (exact) mass is 455 g/mol. The van der Waals surface area contributed by atoms with Gasteiger partial charge < -0.3 is 10.2 Å². The lowest BCUT2D eigenvalue weighted by Crippen LogP contribution is -2.43. The van der Waals surface area contributed by atoms with Gasteiger partial charge in [0.2, 0.25) is 15.9 Å². The molecular formula is C21H24F3N3O3S. The molecule has 10 heteroatoms. The second kappa shape index (κ2) is 8.88. The lowest BCUT2D eigenvalue weighted by molar-refractivity contribution is -0.137.